The van der Waals surface area contributed by atoms with Gasteiger partial charge in [-0.25, -0.2) is 0 Å². The van der Waals surface area contributed by atoms with Gasteiger partial charge in [-0.3, -0.25) is 9.59 Å². The zero-order valence-corrected chi connectivity index (χ0v) is 18.3. The molecule has 0 heterocycles. The highest BCUT2D eigenvalue weighted by molar-refractivity contribution is 7.99. The third-order valence-corrected chi connectivity index (χ3v) is 5.79. The van der Waals surface area contributed by atoms with Crippen molar-refractivity contribution in [3.63, 3.8) is 0 Å². The first-order valence-electron chi connectivity index (χ1n) is 9.59. The zero-order valence-electron chi connectivity index (χ0n) is 17.4. The molecule has 28 heavy (non-hydrogen) atoms. The number of carbonyl (C=O) groups excluding carboxylic acids is 2. The van der Waals surface area contributed by atoms with Crippen molar-refractivity contribution >= 4 is 35.0 Å². The van der Waals surface area contributed by atoms with Crippen molar-refractivity contribution in [2.45, 2.75) is 47.5 Å². The van der Waals surface area contributed by atoms with E-state index in [0.717, 1.165) is 45.8 Å². The van der Waals surface area contributed by atoms with Crippen LogP contribution in [0.4, 0.5) is 11.4 Å². The number of benzene rings is 2. The number of amides is 2. The quantitative estimate of drug-likeness (QED) is 0.592. The van der Waals surface area contributed by atoms with Crippen molar-refractivity contribution in [2.75, 3.05) is 22.1 Å². The number of hydrogen-bond donors (Lipinski definition) is 2. The largest absolute Gasteiger partial charge is 0.326 e. The summed E-state index contributed by atoms with van der Waals surface area (Å²) < 4.78 is 0. The number of anilines is 2. The number of rotatable bonds is 8. The molecule has 4 nitrogen and oxygen atoms in total. The van der Waals surface area contributed by atoms with Crippen LogP contribution in [0.15, 0.2) is 30.3 Å². The Morgan fingerprint density at radius 2 is 1.57 bits per heavy atom. The molecule has 2 aromatic carbocycles. The summed E-state index contributed by atoms with van der Waals surface area (Å²) in [6, 6.07) is 10.1. The molecule has 0 unspecified atom stereocenters. The van der Waals surface area contributed by atoms with Gasteiger partial charge in [-0.2, -0.15) is 11.8 Å². The molecule has 0 spiro atoms. The van der Waals surface area contributed by atoms with Gasteiger partial charge in [0.15, 0.2) is 0 Å². The summed E-state index contributed by atoms with van der Waals surface area (Å²) >= 11 is 1.56. The van der Waals surface area contributed by atoms with Gasteiger partial charge in [0.25, 0.3) is 0 Å². The van der Waals surface area contributed by atoms with E-state index < -0.39 is 0 Å². The van der Waals surface area contributed by atoms with E-state index in [9.17, 15) is 9.59 Å². The predicted molar refractivity (Wildman–Crippen MR) is 120 cm³/mol. The van der Waals surface area contributed by atoms with Gasteiger partial charge in [-0.15, -0.1) is 0 Å². The van der Waals surface area contributed by atoms with Gasteiger partial charge in [-0.05, 0) is 75.1 Å². The molecular weight excluding hydrogens is 368 g/mol. The standard InChI is InChI=1S/C23H30N2O2S/c1-15-12-17(3)23(18(4)13-15)25-21(26)10-7-11-28-14-22(27)24-20-9-6-8-16(2)19(20)5/h6,8-9,12-13H,7,10-11,14H2,1-5H3,(H,24,27)(H,25,26). The van der Waals surface area contributed by atoms with Crippen molar-refractivity contribution in [1.29, 1.82) is 0 Å². The summed E-state index contributed by atoms with van der Waals surface area (Å²) in [5.41, 5.74) is 7.41. The summed E-state index contributed by atoms with van der Waals surface area (Å²) in [6.45, 7) is 10.1. The highest BCUT2D eigenvalue weighted by Crippen LogP contribution is 2.22. The van der Waals surface area contributed by atoms with Crippen LogP contribution in [-0.4, -0.2) is 23.3 Å². The number of aryl methyl sites for hydroxylation is 4. The zero-order chi connectivity index (χ0) is 20.7. The Balaban J connectivity index is 1.69. The fraction of sp³-hybridized carbons (Fsp3) is 0.391. The van der Waals surface area contributed by atoms with Crippen LogP contribution in [0.2, 0.25) is 0 Å². The Morgan fingerprint density at radius 1 is 0.893 bits per heavy atom. The average molecular weight is 399 g/mol. The molecule has 2 rings (SSSR count). The van der Waals surface area contributed by atoms with E-state index in [4.69, 9.17) is 0 Å². The van der Waals surface area contributed by atoms with E-state index in [1.54, 1.807) is 11.8 Å². The Labute approximate surface area is 172 Å². The van der Waals surface area contributed by atoms with Gasteiger partial charge in [0.1, 0.15) is 0 Å². The Bertz CT molecular complexity index is 839. The van der Waals surface area contributed by atoms with Crippen LogP contribution < -0.4 is 10.6 Å². The first-order valence-corrected chi connectivity index (χ1v) is 10.7. The number of carbonyl (C=O) groups is 2. The summed E-state index contributed by atoms with van der Waals surface area (Å²) in [6.07, 6.45) is 1.20. The third kappa shape index (κ3) is 6.41. The molecular formula is C23H30N2O2S. The second kappa shape index (κ2) is 10.3. The molecule has 0 aromatic heterocycles. The molecule has 0 saturated heterocycles. The smallest absolute Gasteiger partial charge is 0.234 e. The van der Waals surface area contributed by atoms with Gasteiger partial charge in [0.05, 0.1) is 5.75 Å². The fourth-order valence-corrected chi connectivity index (χ4v) is 3.90. The summed E-state index contributed by atoms with van der Waals surface area (Å²) in [5, 5.41) is 5.98. The van der Waals surface area contributed by atoms with Gasteiger partial charge in [-0.1, -0.05) is 29.8 Å². The third-order valence-electron chi connectivity index (χ3n) is 4.75. The van der Waals surface area contributed by atoms with E-state index in [1.807, 2.05) is 45.9 Å². The summed E-state index contributed by atoms with van der Waals surface area (Å²) in [7, 11) is 0. The molecule has 0 aliphatic heterocycles. The van der Waals surface area contributed by atoms with Crippen LogP contribution in [-0.2, 0) is 9.59 Å². The maximum atomic E-state index is 12.2. The minimum atomic E-state index is -0.00550. The molecule has 5 heteroatoms. The van der Waals surface area contributed by atoms with Gasteiger partial charge in [0.2, 0.25) is 11.8 Å². The lowest BCUT2D eigenvalue weighted by Gasteiger charge is -2.13. The van der Waals surface area contributed by atoms with Gasteiger partial charge in [0, 0.05) is 17.8 Å². The molecule has 2 amide bonds. The maximum absolute atomic E-state index is 12.2. The van der Waals surface area contributed by atoms with E-state index in [1.165, 1.54) is 5.56 Å². The van der Waals surface area contributed by atoms with Crippen LogP contribution >= 0.6 is 11.8 Å². The van der Waals surface area contributed by atoms with E-state index >= 15 is 0 Å². The van der Waals surface area contributed by atoms with Crippen molar-refractivity contribution in [3.05, 3.63) is 58.1 Å². The van der Waals surface area contributed by atoms with Crippen molar-refractivity contribution in [1.82, 2.24) is 0 Å². The first kappa shape index (κ1) is 22.0. The highest BCUT2D eigenvalue weighted by atomic mass is 32.2. The molecule has 2 N–H and O–H groups in total. The minimum Gasteiger partial charge on any atom is -0.326 e. The first-order chi connectivity index (χ1) is 13.3. The van der Waals surface area contributed by atoms with Crippen LogP contribution in [0.5, 0.6) is 0 Å². The van der Waals surface area contributed by atoms with Gasteiger partial charge >= 0.3 is 0 Å². The van der Waals surface area contributed by atoms with Crippen LogP contribution in [0.1, 0.15) is 40.7 Å². The lowest BCUT2D eigenvalue weighted by atomic mass is 10.0. The minimum absolute atomic E-state index is 0.00550. The summed E-state index contributed by atoms with van der Waals surface area (Å²) in [4.78, 5) is 24.3. The topological polar surface area (TPSA) is 58.2 Å². The average Bonchev–Trinajstić information content (AvgIpc) is 2.61. The normalized spacial score (nSPS) is 10.6. The van der Waals surface area contributed by atoms with Gasteiger partial charge < -0.3 is 10.6 Å². The van der Waals surface area contributed by atoms with E-state index in [-0.39, 0.29) is 11.8 Å². The second-order valence-electron chi connectivity index (χ2n) is 7.27. The fourth-order valence-electron chi connectivity index (χ4n) is 3.15. The van der Waals surface area contributed by atoms with Crippen molar-refractivity contribution in [2.24, 2.45) is 0 Å². The lowest BCUT2D eigenvalue weighted by Crippen LogP contribution is -2.16. The Morgan fingerprint density at radius 3 is 2.25 bits per heavy atom. The van der Waals surface area contributed by atoms with E-state index in [0.29, 0.717) is 12.2 Å². The lowest BCUT2D eigenvalue weighted by molar-refractivity contribution is -0.116. The van der Waals surface area contributed by atoms with Crippen LogP contribution in [0.25, 0.3) is 0 Å². The summed E-state index contributed by atoms with van der Waals surface area (Å²) in [5.74, 6) is 1.19. The molecule has 0 aliphatic carbocycles. The Hall–Kier alpha value is -2.27. The van der Waals surface area contributed by atoms with Crippen molar-refractivity contribution < 1.29 is 9.59 Å². The molecule has 0 atom stereocenters. The number of nitrogens with one attached hydrogen (secondary N) is 2. The predicted octanol–water partition coefficient (Wildman–Crippen LogP) is 5.32. The maximum Gasteiger partial charge on any atom is 0.234 e. The SMILES string of the molecule is Cc1cc(C)c(NC(=O)CCCSCC(=O)Nc2cccc(C)c2C)c(C)c1. The Kier molecular flexibility index (Phi) is 8.12. The molecule has 2 aromatic rings. The van der Waals surface area contributed by atoms with Crippen molar-refractivity contribution in [3.8, 4) is 0 Å². The number of thioether (sulfide) groups is 1. The molecule has 150 valence electrons. The molecule has 0 radical (unpaired) electrons. The van der Waals surface area contributed by atoms with Crippen LogP contribution in [0.3, 0.4) is 0 Å². The molecule has 0 fully saturated rings. The monoisotopic (exact) mass is 398 g/mol. The molecule has 0 aliphatic rings. The number of hydrogen-bond acceptors (Lipinski definition) is 3. The molecule has 0 bridgehead atoms. The van der Waals surface area contributed by atoms with Crippen LogP contribution in [0, 0.1) is 34.6 Å². The van der Waals surface area contributed by atoms with E-state index in [2.05, 4.69) is 29.7 Å². The highest BCUT2D eigenvalue weighted by Gasteiger charge is 2.09. The molecule has 0 saturated carbocycles. The second-order valence-corrected chi connectivity index (χ2v) is 8.38.